The van der Waals surface area contributed by atoms with Crippen molar-refractivity contribution in [1.29, 1.82) is 0 Å². The van der Waals surface area contributed by atoms with E-state index in [9.17, 15) is 4.79 Å². The number of ether oxygens (including phenoxy) is 1. The van der Waals surface area contributed by atoms with Crippen LogP contribution in [0.5, 0.6) is 5.75 Å². The van der Waals surface area contributed by atoms with Gasteiger partial charge in [-0.1, -0.05) is 17.4 Å². The van der Waals surface area contributed by atoms with Gasteiger partial charge in [0, 0.05) is 5.92 Å². The molecule has 1 heterocycles. The second kappa shape index (κ2) is 6.11. The third-order valence-electron chi connectivity index (χ3n) is 4.94. The maximum atomic E-state index is 12.3. The lowest BCUT2D eigenvalue weighted by Crippen LogP contribution is -2.32. The van der Waals surface area contributed by atoms with Crippen LogP contribution in [0.2, 0.25) is 0 Å². The Morgan fingerprint density at radius 1 is 1.29 bits per heavy atom. The van der Waals surface area contributed by atoms with Crippen molar-refractivity contribution >= 4 is 5.91 Å². The van der Waals surface area contributed by atoms with Gasteiger partial charge in [0.05, 0.1) is 25.5 Å². The molecule has 2 aliphatic carbocycles. The molecule has 0 saturated heterocycles. The number of rotatable bonds is 5. The van der Waals surface area contributed by atoms with Gasteiger partial charge in [0.25, 0.3) is 0 Å². The molecule has 1 fully saturated rings. The van der Waals surface area contributed by atoms with Crippen LogP contribution < -0.4 is 10.1 Å². The molecule has 0 aliphatic heterocycles. The van der Waals surface area contributed by atoms with Crippen LogP contribution in [0.4, 0.5) is 0 Å². The monoisotopic (exact) mass is 324 g/mol. The van der Waals surface area contributed by atoms with E-state index in [1.165, 1.54) is 0 Å². The molecule has 0 radical (unpaired) electrons. The summed E-state index contributed by atoms with van der Waals surface area (Å²) in [6.45, 7) is 0.409. The van der Waals surface area contributed by atoms with E-state index in [-0.39, 0.29) is 11.8 Å². The van der Waals surface area contributed by atoms with Crippen LogP contribution in [-0.2, 0) is 11.3 Å². The van der Waals surface area contributed by atoms with E-state index >= 15 is 0 Å². The van der Waals surface area contributed by atoms with Crippen LogP contribution in [0, 0.1) is 17.8 Å². The van der Waals surface area contributed by atoms with Gasteiger partial charge in [-0.05, 0) is 48.9 Å². The molecule has 24 heavy (non-hydrogen) atoms. The summed E-state index contributed by atoms with van der Waals surface area (Å²) in [5.41, 5.74) is 1.65. The third kappa shape index (κ3) is 2.79. The predicted molar refractivity (Wildman–Crippen MR) is 88.6 cm³/mol. The summed E-state index contributed by atoms with van der Waals surface area (Å²) in [5.74, 6) is 2.07. The number of nitrogens with zero attached hydrogens (tertiary/aromatic N) is 3. The van der Waals surface area contributed by atoms with Gasteiger partial charge in [0.1, 0.15) is 11.4 Å². The predicted octanol–water partition coefficient (Wildman–Crippen LogP) is 2.10. The molecular formula is C18H20N4O2. The number of carbonyl (C=O) groups is 1. The van der Waals surface area contributed by atoms with Crippen molar-refractivity contribution < 1.29 is 9.53 Å². The van der Waals surface area contributed by atoms with Gasteiger partial charge in [-0.2, -0.15) is 0 Å². The largest absolute Gasteiger partial charge is 0.497 e. The van der Waals surface area contributed by atoms with Crippen molar-refractivity contribution in [2.75, 3.05) is 7.11 Å². The van der Waals surface area contributed by atoms with E-state index in [0.717, 1.165) is 30.0 Å². The quantitative estimate of drug-likeness (QED) is 0.855. The number of nitrogens with one attached hydrogen (secondary N) is 1. The zero-order chi connectivity index (χ0) is 16.5. The van der Waals surface area contributed by atoms with Crippen LogP contribution in [0.15, 0.2) is 42.6 Å². The Labute approximate surface area is 140 Å². The highest BCUT2D eigenvalue weighted by Crippen LogP contribution is 2.43. The smallest absolute Gasteiger partial charge is 0.224 e. The van der Waals surface area contributed by atoms with Crippen molar-refractivity contribution in [1.82, 2.24) is 20.3 Å². The first-order chi connectivity index (χ1) is 11.7. The molecule has 0 unspecified atom stereocenters. The van der Waals surface area contributed by atoms with Crippen molar-refractivity contribution in [3.63, 3.8) is 0 Å². The number of allylic oxidation sites excluding steroid dienone is 2. The van der Waals surface area contributed by atoms with E-state index in [4.69, 9.17) is 4.74 Å². The molecule has 1 aromatic heterocycles. The molecule has 1 N–H and O–H groups in total. The Kier molecular flexibility index (Phi) is 3.80. The van der Waals surface area contributed by atoms with Crippen molar-refractivity contribution in [3.05, 3.63) is 48.3 Å². The van der Waals surface area contributed by atoms with Gasteiger partial charge in [-0.15, -0.1) is 5.10 Å². The first-order valence-corrected chi connectivity index (χ1v) is 8.24. The molecule has 4 rings (SSSR count). The fourth-order valence-electron chi connectivity index (χ4n) is 3.63. The number of fused-ring (bicyclic) bond motifs is 2. The highest BCUT2D eigenvalue weighted by molar-refractivity contribution is 5.79. The molecule has 3 atom stereocenters. The number of methoxy groups -OCH3 is 1. The van der Waals surface area contributed by atoms with Gasteiger partial charge < -0.3 is 10.1 Å². The number of hydrogen-bond acceptors (Lipinski definition) is 4. The third-order valence-corrected chi connectivity index (χ3v) is 4.94. The van der Waals surface area contributed by atoms with Crippen molar-refractivity contribution in [2.45, 2.75) is 19.4 Å². The Morgan fingerprint density at radius 3 is 2.79 bits per heavy atom. The Balaban J connectivity index is 1.36. The molecule has 6 nitrogen and oxygen atoms in total. The zero-order valence-corrected chi connectivity index (χ0v) is 13.6. The molecular weight excluding hydrogens is 304 g/mol. The van der Waals surface area contributed by atoms with Gasteiger partial charge in [-0.25, -0.2) is 4.68 Å². The Morgan fingerprint density at radius 2 is 2.12 bits per heavy atom. The van der Waals surface area contributed by atoms with E-state index in [2.05, 4.69) is 27.8 Å². The highest BCUT2D eigenvalue weighted by atomic mass is 16.5. The van der Waals surface area contributed by atoms with Crippen LogP contribution in [0.25, 0.3) is 5.69 Å². The van der Waals surface area contributed by atoms with Crippen LogP contribution >= 0.6 is 0 Å². The minimum atomic E-state index is 0.122. The Bertz CT molecular complexity index is 766. The SMILES string of the molecule is COc1ccc(-n2cc(CNC(=O)[C@@H]3C[C@H]4C=C[C@H]3C4)nn2)cc1. The summed E-state index contributed by atoms with van der Waals surface area (Å²) >= 11 is 0. The summed E-state index contributed by atoms with van der Waals surface area (Å²) in [5, 5.41) is 11.3. The summed E-state index contributed by atoms with van der Waals surface area (Å²) < 4.78 is 6.84. The maximum absolute atomic E-state index is 12.3. The standard InChI is InChI=1S/C18H20N4O2/c1-24-16-6-4-15(5-7-16)22-11-14(20-21-22)10-19-18(23)17-9-12-2-3-13(17)8-12/h2-7,11-13,17H,8-10H2,1H3,(H,19,23)/t12-,13-,17+/m0/s1. The second-order valence-electron chi connectivity index (χ2n) is 6.46. The van der Waals surface area contributed by atoms with E-state index in [1.807, 2.05) is 30.5 Å². The molecule has 1 saturated carbocycles. The highest BCUT2D eigenvalue weighted by Gasteiger charge is 2.39. The maximum Gasteiger partial charge on any atom is 0.224 e. The molecule has 1 amide bonds. The van der Waals surface area contributed by atoms with E-state index in [0.29, 0.717) is 18.4 Å². The first kappa shape index (κ1) is 14.9. The van der Waals surface area contributed by atoms with Crippen molar-refractivity contribution in [2.24, 2.45) is 17.8 Å². The molecule has 124 valence electrons. The number of amides is 1. The fourth-order valence-corrected chi connectivity index (χ4v) is 3.63. The summed E-state index contributed by atoms with van der Waals surface area (Å²) in [6.07, 6.45) is 8.38. The lowest BCUT2D eigenvalue weighted by molar-refractivity contribution is -0.125. The van der Waals surface area contributed by atoms with Crippen LogP contribution in [0.3, 0.4) is 0 Å². The van der Waals surface area contributed by atoms with E-state index in [1.54, 1.807) is 11.8 Å². The Hall–Kier alpha value is -2.63. The van der Waals surface area contributed by atoms with Gasteiger partial charge in [0.2, 0.25) is 5.91 Å². The average molecular weight is 324 g/mol. The average Bonchev–Trinajstić information content (AvgIpc) is 3.36. The number of aromatic nitrogens is 3. The number of carbonyl (C=O) groups excluding carboxylic acids is 1. The van der Waals surface area contributed by atoms with Crippen LogP contribution in [0.1, 0.15) is 18.5 Å². The zero-order valence-electron chi connectivity index (χ0n) is 13.6. The van der Waals surface area contributed by atoms with Crippen molar-refractivity contribution in [3.8, 4) is 11.4 Å². The molecule has 0 spiro atoms. The first-order valence-electron chi connectivity index (χ1n) is 8.24. The van der Waals surface area contributed by atoms with Gasteiger partial charge in [0.15, 0.2) is 0 Å². The second-order valence-corrected chi connectivity index (χ2v) is 6.46. The lowest BCUT2D eigenvalue weighted by atomic mass is 9.93. The minimum absolute atomic E-state index is 0.122. The number of benzene rings is 1. The normalized spacial score (nSPS) is 24.3. The summed E-state index contributed by atoms with van der Waals surface area (Å²) in [4.78, 5) is 12.3. The molecule has 2 bridgehead atoms. The minimum Gasteiger partial charge on any atom is -0.497 e. The molecule has 2 aromatic rings. The van der Waals surface area contributed by atoms with Crippen LogP contribution in [-0.4, -0.2) is 28.0 Å². The fraction of sp³-hybridized carbons (Fsp3) is 0.389. The number of hydrogen-bond donors (Lipinski definition) is 1. The van der Waals surface area contributed by atoms with E-state index < -0.39 is 0 Å². The van der Waals surface area contributed by atoms with Gasteiger partial charge in [-0.3, -0.25) is 4.79 Å². The molecule has 2 aliphatic rings. The van der Waals surface area contributed by atoms with Gasteiger partial charge >= 0.3 is 0 Å². The summed E-state index contributed by atoms with van der Waals surface area (Å²) in [6, 6.07) is 7.58. The molecule has 6 heteroatoms. The molecule has 1 aromatic carbocycles. The lowest BCUT2D eigenvalue weighted by Gasteiger charge is -2.16. The summed E-state index contributed by atoms with van der Waals surface area (Å²) in [7, 11) is 1.64. The topological polar surface area (TPSA) is 69.0 Å².